The number of hydrogen-bond acceptors (Lipinski definition) is 7. The zero-order valence-corrected chi connectivity index (χ0v) is 22.3. The fraction of sp³-hybridized carbons (Fsp3) is 0.276. The zero-order chi connectivity index (χ0) is 26.9. The number of ether oxygens (including phenoxy) is 2. The molecule has 1 amide bonds. The molecule has 38 heavy (non-hydrogen) atoms. The second-order valence-electron chi connectivity index (χ2n) is 9.71. The second kappa shape index (κ2) is 10.2. The van der Waals surface area contributed by atoms with Gasteiger partial charge in [0.2, 0.25) is 0 Å². The Morgan fingerprint density at radius 1 is 1.05 bits per heavy atom. The molecule has 3 heterocycles. The van der Waals surface area contributed by atoms with E-state index >= 15 is 0 Å². The number of hydrogen-bond donors (Lipinski definition) is 1. The van der Waals surface area contributed by atoms with Crippen LogP contribution >= 0.6 is 0 Å². The van der Waals surface area contributed by atoms with Crippen molar-refractivity contribution in [2.45, 2.75) is 37.0 Å². The Balaban J connectivity index is 1.48. The van der Waals surface area contributed by atoms with Crippen molar-refractivity contribution < 1.29 is 22.7 Å². The van der Waals surface area contributed by atoms with Crippen molar-refractivity contribution in [3.63, 3.8) is 0 Å². The lowest BCUT2D eigenvalue weighted by Crippen LogP contribution is -2.33. The van der Waals surface area contributed by atoms with E-state index < -0.39 is 15.9 Å². The molecule has 0 radical (unpaired) electrons. The van der Waals surface area contributed by atoms with Crippen molar-refractivity contribution in [3.05, 3.63) is 83.7 Å². The van der Waals surface area contributed by atoms with Gasteiger partial charge in [0.1, 0.15) is 16.3 Å². The van der Waals surface area contributed by atoms with Gasteiger partial charge < -0.3 is 9.47 Å². The lowest BCUT2D eigenvalue weighted by Gasteiger charge is -2.34. The minimum absolute atomic E-state index is 0.00569. The number of aryl methyl sites for hydroxylation is 1. The predicted molar refractivity (Wildman–Crippen MR) is 145 cm³/mol. The van der Waals surface area contributed by atoms with Gasteiger partial charge in [0, 0.05) is 30.4 Å². The highest BCUT2D eigenvalue weighted by Gasteiger charge is 2.32. The van der Waals surface area contributed by atoms with Gasteiger partial charge in [-0.05, 0) is 72.7 Å². The van der Waals surface area contributed by atoms with E-state index in [0.717, 1.165) is 40.6 Å². The molecule has 1 fully saturated rings. The standard InChI is InChI=1S/C29H29N3O5S/c1-19-7-9-21(23-6-4-5-15-30-23)22-10-11-24(31-27(19)22)28(33)32-38(34,35)26-18-20(8-12-25(26)36-3)29(2)13-16-37-17-14-29/h4-12,15,18H,13-14,16-17H2,1-3H3,(H,32,33). The summed E-state index contributed by atoms with van der Waals surface area (Å²) in [6, 6.07) is 17.9. The third-order valence-corrected chi connectivity index (χ3v) is 8.56. The number of benzene rings is 2. The van der Waals surface area contributed by atoms with Gasteiger partial charge in [-0.1, -0.05) is 31.2 Å². The third-order valence-electron chi connectivity index (χ3n) is 7.21. The second-order valence-corrected chi connectivity index (χ2v) is 11.4. The van der Waals surface area contributed by atoms with Crippen LogP contribution in [-0.4, -0.2) is 44.6 Å². The fourth-order valence-electron chi connectivity index (χ4n) is 4.83. The first-order chi connectivity index (χ1) is 18.2. The van der Waals surface area contributed by atoms with Crippen LogP contribution in [0.1, 0.15) is 41.4 Å². The molecule has 0 unspecified atom stereocenters. The highest BCUT2D eigenvalue weighted by atomic mass is 32.2. The number of methoxy groups -OCH3 is 1. The van der Waals surface area contributed by atoms with Gasteiger partial charge in [-0.15, -0.1) is 0 Å². The van der Waals surface area contributed by atoms with Gasteiger partial charge in [-0.2, -0.15) is 0 Å². The van der Waals surface area contributed by atoms with E-state index in [-0.39, 0.29) is 21.8 Å². The lowest BCUT2D eigenvalue weighted by molar-refractivity contribution is 0.0563. The van der Waals surface area contributed by atoms with Crippen molar-refractivity contribution in [2.24, 2.45) is 0 Å². The number of amides is 1. The van der Waals surface area contributed by atoms with E-state index in [1.807, 2.05) is 43.3 Å². The molecule has 1 N–H and O–H groups in total. The summed E-state index contributed by atoms with van der Waals surface area (Å²) >= 11 is 0. The van der Waals surface area contributed by atoms with Crippen molar-refractivity contribution in [1.29, 1.82) is 0 Å². The maximum atomic E-state index is 13.4. The number of aromatic nitrogens is 2. The Labute approximate surface area is 222 Å². The maximum absolute atomic E-state index is 13.4. The molecule has 4 aromatic rings. The van der Waals surface area contributed by atoms with Crippen LogP contribution in [0, 0.1) is 6.92 Å². The first kappa shape index (κ1) is 25.8. The van der Waals surface area contributed by atoms with Crippen LogP contribution in [0.15, 0.2) is 71.8 Å². The van der Waals surface area contributed by atoms with Gasteiger partial charge >= 0.3 is 0 Å². The molecule has 5 rings (SSSR count). The average Bonchev–Trinajstić information content (AvgIpc) is 2.93. The topological polar surface area (TPSA) is 107 Å². The molecule has 2 aromatic carbocycles. The molecule has 0 spiro atoms. The number of rotatable bonds is 6. The molecule has 8 nitrogen and oxygen atoms in total. The van der Waals surface area contributed by atoms with Crippen molar-refractivity contribution in [2.75, 3.05) is 20.3 Å². The molecule has 2 aromatic heterocycles. The Bertz CT molecular complexity index is 1610. The molecule has 196 valence electrons. The molecular weight excluding hydrogens is 502 g/mol. The van der Waals surface area contributed by atoms with Crippen molar-refractivity contribution >= 4 is 26.8 Å². The lowest BCUT2D eigenvalue weighted by atomic mass is 9.76. The van der Waals surface area contributed by atoms with Crippen molar-refractivity contribution in [1.82, 2.24) is 14.7 Å². The normalized spacial score (nSPS) is 15.2. The molecule has 1 saturated heterocycles. The fourth-order valence-corrected chi connectivity index (χ4v) is 5.99. The smallest absolute Gasteiger partial charge is 0.283 e. The summed E-state index contributed by atoms with van der Waals surface area (Å²) in [6.45, 7) is 5.20. The van der Waals surface area contributed by atoms with Crippen LogP contribution < -0.4 is 9.46 Å². The zero-order valence-electron chi connectivity index (χ0n) is 21.5. The summed E-state index contributed by atoms with van der Waals surface area (Å²) in [7, 11) is -2.86. The number of carbonyl (C=O) groups is 1. The summed E-state index contributed by atoms with van der Waals surface area (Å²) in [6.07, 6.45) is 3.25. The third kappa shape index (κ3) is 4.87. The Hall–Kier alpha value is -3.82. The molecule has 1 aliphatic heterocycles. The summed E-state index contributed by atoms with van der Waals surface area (Å²) in [5.74, 6) is -0.661. The largest absolute Gasteiger partial charge is 0.495 e. The van der Waals surface area contributed by atoms with E-state index in [0.29, 0.717) is 18.7 Å². The Morgan fingerprint density at radius 2 is 1.84 bits per heavy atom. The number of pyridine rings is 2. The minimum atomic E-state index is -4.26. The van der Waals surface area contributed by atoms with Gasteiger partial charge in [0.05, 0.1) is 18.3 Å². The summed E-state index contributed by atoms with van der Waals surface area (Å²) in [5, 5.41) is 0.821. The number of sulfonamides is 1. The first-order valence-electron chi connectivity index (χ1n) is 12.4. The van der Waals surface area contributed by atoms with E-state index in [4.69, 9.17) is 9.47 Å². The summed E-state index contributed by atoms with van der Waals surface area (Å²) in [5.41, 5.74) is 3.73. The SMILES string of the molecule is COc1ccc(C2(C)CCOCC2)cc1S(=O)(=O)NC(=O)c1ccc2c(-c3ccccn3)ccc(C)c2n1. The van der Waals surface area contributed by atoms with E-state index in [2.05, 4.69) is 21.6 Å². The first-order valence-corrected chi connectivity index (χ1v) is 13.9. The molecule has 0 aliphatic carbocycles. The quantitative estimate of drug-likeness (QED) is 0.381. The number of nitrogens with zero attached hydrogens (tertiary/aromatic N) is 2. The van der Waals surface area contributed by atoms with Gasteiger partial charge in [0.25, 0.3) is 15.9 Å². The van der Waals surface area contributed by atoms with Crippen LogP contribution in [0.4, 0.5) is 0 Å². The van der Waals surface area contributed by atoms with E-state index in [1.165, 1.54) is 13.2 Å². The molecule has 1 aliphatic rings. The molecule has 0 saturated carbocycles. The molecule has 0 bridgehead atoms. The summed E-state index contributed by atoms with van der Waals surface area (Å²) in [4.78, 5) is 22.0. The number of carbonyl (C=O) groups excluding carboxylic acids is 1. The number of fused-ring (bicyclic) bond motifs is 1. The minimum Gasteiger partial charge on any atom is -0.495 e. The van der Waals surface area contributed by atoms with Gasteiger partial charge in [-0.25, -0.2) is 18.1 Å². The highest BCUT2D eigenvalue weighted by molar-refractivity contribution is 7.90. The monoisotopic (exact) mass is 531 g/mol. The average molecular weight is 532 g/mol. The van der Waals surface area contributed by atoms with Gasteiger partial charge in [0.15, 0.2) is 0 Å². The van der Waals surface area contributed by atoms with Crippen LogP contribution in [0.2, 0.25) is 0 Å². The number of nitrogens with one attached hydrogen (secondary N) is 1. The Kier molecular flexibility index (Phi) is 6.90. The highest BCUT2D eigenvalue weighted by Crippen LogP contribution is 2.37. The predicted octanol–water partition coefficient (Wildman–Crippen LogP) is 4.80. The van der Waals surface area contributed by atoms with Crippen LogP contribution in [0.3, 0.4) is 0 Å². The van der Waals surface area contributed by atoms with E-state index in [1.54, 1.807) is 24.4 Å². The van der Waals surface area contributed by atoms with Crippen molar-refractivity contribution in [3.8, 4) is 17.0 Å². The maximum Gasteiger partial charge on any atom is 0.283 e. The summed E-state index contributed by atoms with van der Waals surface area (Å²) < 4.78 is 39.9. The molecule has 0 atom stereocenters. The van der Waals surface area contributed by atoms with Crippen LogP contribution in [0.25, 0.3) is 22.2 Å². The Morgan fingerprint density at radius 3 is 2.55 bits per heavy atom. The molecule has 9 heteroatoms. The van der Waals surface area contributed by atoms with Crippen LogP contribution in [0.5, 0.6) is 5.75 Å². The van der Waals surface area contributed by atoms with Gasteiger partial charge in [-0.3, -0.25) is 9.78 Å². The van der Waals surface area contributed by atoms with Crippen LogP contribution in [-0.2, 0) is 20.2 Å². The molecular formula is C29H29N3O5S. The van der Waals surface area contributed by atoms with E-state index in [9.17, 15) is 13.2 Å².